The Hall–Kier alpha value is -0.670. The summed E-state index contributed by atoms with van der Waals surface area (Å²) in [6, 6.07) is 8.95. The lowest BCUT2D eigenvalue weighted by Crippen LogP contribution is -2.43. The number of hydrogen-bond donors (Lipinski definition) is 1. The zero-order valence-electron chi connectivity index (χ0n) is 13.7. The zero-order chi connectivity index (χ0) is 15.1. The Kier molecular flexibility index (Phi) is 6.43. The van der Waals surface area contributed by atoms with Gasteiger partial charge in [0.25, 0.3) is 0 Å². The van der Waals surface area contributed by atoms with Crippen molar-refractivity contribution in [3.05, 3.63) is 29.8 Å². The van der Waals surface area contributed by atoms with Crippen LogP contribution in [0.25, 0.3) is 0 Å². The van der Waals surface area contributed by atoms with E-state index in [9.17, 15) is 0 Å². The van der Waals surface area contributed by atoms with Crippen LogP contribution in [0.4, 0.5) is 0 Å². The van der Waals surface area contributed by atoms with E-state index >= 15 is 0 Å². The molecule has 0 aliphatic heterocycles. The third kappa shape index (κ3) is 4.93. The first-order valence-corrected chi connectivity index (χ1v) is 9.31. The first-order valence-electron chi connectivity index (χ1n) is 8.09. The summed E-state index contributed by atoms with van der Waals surface area (Å²) in [5.74, 6) is 0.933. The van der Waals surface area contributed by atoms with Gasteiger partial charge in [0.2, 0.25) is 0 Å². The van der Waals surface area contributed by atoms with Crippen LogP contribution in [0.5, 0.6) is 5.75 Å². The molecule has 2 rings (SSSR count). The lowest BCUT2D eigenvalue weighted by molar-refractivity contribution is 0.365. The fraction of sp³-hybridized carbons (Fsp3) is 0.667. The number of thioether (sulfide) groups is 1. The van der Waals surface area contributed by atoms with Crippen LogP contribution < -0.4 is 10.1 Å². The third-order valence-electron chi connectivity index (χ3n) is 4.67. The van der Waals surface area contributed by atoms with Gasteiger partial charge in [0.05, 0.1) is 7.11 Å². The molecule has 1 fully saturated rings. The highest BCUT2D eigenvalue weighted by Crippen LogP contribution is 2.38. The maximum atomic E-state index is 5.21. The van der Waals surface area contributed by atoms with E-state index < -0.39 is 0 Å². The second-order valence-electron chi connectivity index (χ2n) is 6.28. The molecule has 1 aliphatic rings. The van der Waals surface area contributed by atoms with Crippen LogP contribution in [0.1, 0.15) is 44.6 Å². The van der Waals surface area contributed by atoms with Crippen LogP contribution in [-0.4, -0.2) is 30.7 Å². The van der Waals surface area contributed by atoms with E-state index in [-0.39, 0.29) is 0 Å². The molecular formula is C18H29NOS. The smallest absolute Gasteiger partial charge is 0.118 e. The minimum Gasteiger partial charge on any atom is -0.497 e. The van der Waals surface area contributed by atoms with E-state index in [2.05, 4.69) is 42.4 Å². The molecule has 0 spiro atoms. The quantitative estimate of drug-likeness (QED) is 0.812. The Morgan fingerprint density at radius 3 is 2.43 bits per heavy atom. The molecule has 1 N–H and O–H groups in total. The highest BCUT2D eigenvalue weighted by atomic mass is 32.2. The van der Waals surface area contributed by atoms with Crippen LogP contribution >= 0.6 is 11.8 Å². The molecule has 0 radical (unpaired) electrons. The number of ether oxygens (including phenoxy) is 1. The van der Waals surface area contributed by atoms with Crippen molar-refractivity contribution in [2.45, 2.75) is 56.2 Å². The summed E-state index contributed by atoms with van der Waals surface area (Å²) < 4.78 is 5.69. The van der Waals surface area contributed by atoms with Gasteiger partial charge >= 0.3 is 0 Å². The predicted octanol–water partition coefficient (Wildman–Crippen LogP) is 4.28. The van der Waals surface area contributed by atoms with Gasteiger partial charge < -0.3 is 10.1 Å². The molecule has 0 saturated heterocycles. The molecule has 1 aromatic carbocycles. The van der Waals surface area contributed by atoms with Gasteiger partial charge in [0.1, 0.15) is 5.75 Å². The Labute approximate surface area is 134 Å². The van der Waals surface area contributed by atoms with Gasteiger partial charge in [-0.25, -0.2) is 0 Å². The lowest BCUT2D eigenvalue weighted by atomic mass is 9.88. The summed E-state index contributed by atoms with van der Waals surface area (Å²) in [4.78, 5) is 0. The molecule has 0 amide bonds. The Morgan fingerprint density at radius 2 is 1.86 bits per heavy atom. The summed E-state index contributed by atoms with van der Waals surface area (Å²) in [6.07, 6.45) is 10.3. The molecule has 118 valence electrons. The molecule has 3 heteroatoms. The second kappa shape index (κ2) is 8.09. The van der Waals surface area contributed by atoms with Crippen molar-refractivity contribution in [2.24, 2.45) is 0 Å². The van der Waals surface area contributed by atoms with Gasteiger partial charge in [-0.3, -0.25) is 0 Å². The second-order valence-corrected chi connectivity index (χ2v) is 7.56. The summed E-state index contributed by atoms with van der Waals surface area (Å²) >= 11 is 2.07. The first-order chi connectivity index (χ1) is 10.2. The van der Waals surface area contributed by atoms with Crippen molar-refractivity contribution >= 4 is 11.8 Å². The summed E-state index contributed by atoms with van der Waals surface area (Å²) in [5, 5.41) is 3.77. The number of benzene rings is 1. The first kappa shape index (κ1) is 16.7. The van der Waals surface area contributed by atoms with E-state index in [4.69, 9.17) is 4.74 Å². The highest BCUT2D eigenvalue weighted by molar-refractivity contribution is 8.00. The van der Waals surface area contributed by atoms with Gasteiger partial charge in [0.15, 0.2) is 0 Å². The fourth-order valence-corrected chi connectivity index (χ4v) is 4.12. The third-order valence-corrected chi connectivity index (χ3v) is 6.09. The van der Waals surface area contributed by atoms with E-state index in [1.54, 1.807) is 7.11 Å². The normalized spacial score (nSPS) is 19.2. The Bertz CT molecular complexity index is 412. The molecule has 0 heterocycles. The van der Waals surface area contributed by atoms with Crippen molar-refractivity contribution in [3.63, 3.8) is 0 Å². The van der Waals surface area contributed by atoms with Crippen molar-refractivity contribution in [1.29, 1.82) is 0 Å². The zero-order valence-corrected chi connectivity index (χ0v) is 14.5. The number of methoxy groups -OCH3 is 1. The molecule has 1 saturated carbocycles. The van der Waals surface area contributed by atoms with Crippen LogP contribution in [0.3, 0.4) is 0 Å². The Balaban J connectivity index is 1.81. The van der Waals surface area contributed by atoms with Crippen LogP contribution in [0.2, 0.25) is 0 Å². The minimum absolute atomic E-state index is 0.479. The van der Waals surface area contributed by atoms with Crippen molar-refractivity contribution < 1.29 is 4.74 Å². The molecule has 0 aromatic heterocycles. The van der Waals surface area contributed by atoms with Crippen LogP contribution in [0, 0.1) is 0 Å². The van der Waals surface area contributed by atoms with E-state index in [0.717, 1.165) is 18.7 Å². The number of rotatable bonds is 7. The minimum atomic E-state index is 0.479. The molecular weight excluding hydrogens is 278 g/mol. The fourth-order valence-electron chi connectivity index (χ4n) is 3.20. The number of nitrogens with one attached hydrogen (secondary N) is 1. The maximum absolute atomic E-state index is 5.21. The summed E-state index contributed by atoms with van der Waals surface area (Å²) in [6.45, 7) is 3.44. The largest absolute Gasteiger partial charge is 0.497 e. The van der Waals surface area contributed by atoms with Crippen LogP contribution in [-0.2, 0) is 6.42 Å². The van der Waals surface area contributed by atoms with Gasteiger partial charge in [-0.05, 0) is 50.1 Å². The van der Waals surface area contributed by atoms with Crippen LogP contribution in [0.15, 0.2) is 24.3 Å². The molecule has 1 unspecified atom stereocenters. The molecule has 2 nitrogen and oxygen atoms in total. The topological polar surface area (TPSA) is 21.3 Å². The standard InChI is InChI=1S/C18H29NOS/c1-15(13-16-7-9-17(20-2)10-8-16)19-14-18(21-3)11-5-4-6-12-18/h7-10,15,19H,4-6,11-14H2,1-3H3. The monoisotopic (exact) mass is 307 g/mol. The molecule has 1 aromatic rings. The predicted molar refractivity (Wildman–Crippen MR) is 93.5 cm³/mol. The number of hydrogen-bond acceptors (Lipinski definition) is 3. The lowest BCUT2D eigenvalue weighted by Gasteiger charge is -2.37. The molecule has 1 atom stereocenters. The van der Waals surface area contributed by atoms with Gasteiger partial charge in [-0.1, -0.05) is 31.4 Å². The Morgan fingerprint density at radius 1 is 1.19 bits per heavy atom. The SMILES string of the molecule is COc1ccc(CC(C)NCC2(SC)CCCCC2)cc1. The summed E-state index contributed by atoms with van der Waals surface area (Å²) in [5.41, 5.74) is 1.37. The van der Waals surface area contributed by atoms with E-state index in [1.165, 1.54) is 37.7 Å². The van der Waals surface area contributed by atoms with Gasteiger partial charge in [0, 0.05) is 17.3 Å². The molecule has 1 aliphatic carbocycles. The van der Waals surface area contributed by atoms with Gasteiger partial charge in [-0.2, -0.15) is 11.8 Å². The summed E-state index contributed by atoms with van der Waals surface area (Å²) in [7, 11) is 1.71. The maximum Gasteiger partial charge on any atom is 0.118 e. The van der Waals surface area contributed by atoms with Crippen molar-refractivity contribution in [2.75, 3.05) is 19.9 Å². The molecule has 0 bridgehead atoms. The average molecular weight is 308 g/mol. The highest BCUT2D eigenvalue weighted by Gasteiger charge is 2.30. The van der Waals surface area contributed by atoms with E-state index in [1.807, 2.05) is 12.1 Å². The molecule has 21 heavy (non-hydrogen) atoms. The van der Waals surface area contributed by atoms with Crippen molar-refractivity contribution in [1.82, 2.24) is 5.32 Å². The van der Waals surface area contributed by atoms with E-state index in [0.29, 0.717) is 10.8 Å². The van der Waals surface area contributed by atoms with Gasteiger partial charge in [-0.15, -0.1) is 0 Å². The van der Waals surface area contributed by atoms with Crippen molar-refractivity contribution in [3.8, 4) is 5.75 Å². The average Bonchev–Trinajstić information content (AvgIpc) is 2.54.